The zero-order valence-electron chi connectivity index (χ0n) is 12.6. The molecule has 0 spiro atoms. The third-order valence-corrected chi connectivity index (χ3v) is 4.45. The van der Waals surface area contributed by atoms with Crippen LogP contribution in [-0.4, -0.2) is 43.5 Å². The number of amides is 1. The lowest BCUT2D eigenvalue weighted by Gasteiger charge is -2.36. The highest BCUT2D eigenvalue weighted by Gasteiger charge is 2.22. The molecule has 1 amide bonds. The minimum atomic E-state index is 0.239. The summed E-state index contributed by atoms with van der Waals surface area (Å²) in [5.74, 6) is 0.551. The lowest BCUT2D eigenvalue weighted by Crippen LogP contribution is -2.49. The van der Waals surface area contributed by atoms with Crippen molar-refractivity contribution in [2.75, 3.05) is 37.6 Å². The molecule has 2 N–H and O–H groups in total. The first-order chi connectivity index (χ1) is 10.1. The fraction of sp³-hybridized carbons (Fsp3) is 0.562. The van der Waals surface area contributed by atoms with Crippen molar-refractivity contribution in [3.05, 3.63) is 29.3 Å². The van der Waals surface area contributed by atoms with Gasteiger partial charge in [0.2, 0.25) is 5.91 Å². The molecule has 0 saturated carbocycles. The Balaban J connectivity index is 1.85. The number of nitrogens with two attached hydrogens (primary N) is 1. The molecule has 2 rings (SSSR count). The Bertz CT molecular complexity index is 451. The average molecular weight is 310 g/mol. The standard InChI is InChI=1S/C16H24ClN3O/c1-2-13(12-18)11-16(21)20-9-7-19(8-10-20)15-5-3-14(17)4-6-15/h3-6,13H,2,7-12,18H2,1H3. The summed E-state index contributed by atoms with van der Waals surface area (Å²) in [5.41, 5.74) is 6.85. The van der Waals surface area contributed by atoms with E-state index in [1.165, 1.54) is 5.69 Å². The van der Waals surface area contributed by atoms with E-state index in [9.17, 15) is 4.79 Å². The molecule has 0 bridgehead atoms. The van der Waals surface area contributed by atoms with Crippen molar-refractivity contribution in [1.29, 1.82) is 0 Å². The molecule has 4 nitrogen and oxygen atoms in total. The summed E-state index contributed by atoms with van der Waals surface area (Å²) < 4.78 is 0. The van der Waals surface area contributed by atoms with E-state index in [-0.39, 0.29) is 5.91 Å². The van der Waals surface area contributed by atoms with E-state index in [1.54, 1.807) is 0 Å². The molecular formula is C16H24ClN3O. The first-order valence-corrected chi connectivity index (χ1v) is 8.00. The smallest absolute Gasteiger partial charge is 0.223 e. The van der Waals surface area contributed by atoms with E-state index >= 15 is 0 Å². The summed E-state index contributed by atoms with van der Waals surface area (Å²) in [6.45, 7) is 5.97. The van der Waals surface area contributed by atoms with Crippen LogP contribution in [0.2, 0.25) is 5.02 Å². The van der Waals surface area contributed by atoms with Crippen LogP contribution in [-0.2, 0) is 4.79 Å². The van der Waals surface area contributed by atoms with E-state index in [2.05, 4.69) is 11.8 Å². The van der Waals surface area contributed by atoms with E-state index in [0.29, 0.717) is 18.9 Å². The lowest BCUT2D eigenvalue weighted by molar-refractivity contribution is -0.132. The summed E-state index contributed by atoms with van der Waals surface area (Å²) in [6.07, 6.45) is 1.54. The number of carbonyl (C=O) groups excluding carboxylic acids is 1. The van der Waals surface area contributed by atoms with E-state index < -0.39 is 0 Å². The minimum absolute atomic E-state index is 0.239. The van der Waals surface area contributed by atoms with Crippen LogP contribution in [0.15, 0.2) is 24.3 Å². The molecule has 0 radical (unpaired) electrons. The molecule has 1 aliphatic heterocycles. The van der Waals surface area contributed by atoms with Gasteiger partial charge in [0, 0.05) is 43.3 Å². The van der Waals surface area contributed by atoms with Gasteiger partial charge >= 0.3 is 0 Å². The van der Waals surface area contributed by atoms with Crippen molar-refractivity contribution in [2.45, 2.75) is 19.8 Å². The average Bonchev–Trinajstić information content (AvgIpc) is 2.53. The second-order valence-corrected chi connectivity index (χ2v) is 5.99. The Morgan fingerprint density at radius 3 is 2.38 bits per heavy atom. The van der Waals surface area contributed by atoms with Gasteiger partial charge in [-0.05, 0) is 36.7 Å². The molecule has 1 aliphatic rings. The second-order valence-electron chi connectivity index (χ2n) is 5.56. The predicted octanol–water partition coefficient (Wildman–Crippen LogP) is 2.36. The number of hydrogen-bond acceptors (Lipinski definition) is 3. The van der Waals surface area contributed by atoms with Gasteiger partial charge in [0.15, 0.2) is 0 Å². The molecule has 0 aliphatic carbocycles. The van der Waals surface area contributed by atoms with Crippen LogP contribution >= 0.6 is 11.6 Å². The third kappa shape index (κ3) is 4.35. The van der Waals surface area contributed by atoms with Gasteiger partial charge in [-0.15, -0.1) is 0 Å². The molecule has 1 saturated heterocycles. The molecule has 1 aromatic carbocycles. The van der Waals surface area contributed by atoms with Crippen LogP contribution in [0.4, 0.5) is 5.69 Å². The maximum absolute atomic E-state index is 12.2. The van der Waals surface area contributed by atoms with Crippen LogP contribution in [0.25, 0.3) is 0 Å². The predicted molar refractivity (Wildman–Crippen MR) is 87.7 cm³/mol. The minimum Gasteiger partial charge on any atom is -0.368 e. The summed E-state index contributed by atoms with van der Waals surface area (Å²) in [4.78, 5) is 16.5. The Morgan fingerprint density at radius 2 is 1.86 bits per heavy atom. The van der Waals surface area contributed by atoms with E-state index in [0.717, 1.165) is 37.6 Å². The Labute approximate surface area is 131 Å². The van der Waals surface area contributed by atoms with Gasteiger partial charge in [0.25, 0.3) is 0 Å². The van der Waals surface area contributed by atoms with Crippen molar-refractivity contribution in [1.82, 2.24) is 4.90 Å². The van der Waals surface area contributed by atoms with Gasteiger partial charge in [-0.1, -0.05) is 24.9 Å². The number of anilines is 1. The molecular weight excluding hydrogens is 286 g/mol. The summed E-state index contributed by atoms with van der Waals surface area (Å²) in [7, 11) is 0. The van der Waals surface area contributed by atoms with Gasteiger partial charge in [-0.3, -0.25) is 4.79 Å². The zero-order chi connectivity index (χ0) is 15.2. The molecule has 21 heavy (non-hydrogen) atoms. The van der Waals surface area contributed by atoms with Crippen LogP contribution < -0.4 is 10.6 Å². The van der Waals surface area contributed by atoms with Crippen molar-refractivity contribution < 1.29 is 4.79 Å². The Hall–Kier alpha value is -1.26. The Morgan fingerprint density at radius 1 is 1.24 bits per heavy atom. The number of rotatable bonds is 5. The highest BCUT2D eigenvalue weighted by molar-refractivity contribution is 6.30. The van der Waals surface area contributed by atoms with Gasteiger partial charge in [0.05, 0.1) is 0 Å². The first kappa shape index (κ1) is 16.1. The molecule has 116 valence electrons. The Kier molecular flexibility index (Phi) is 5.88. The molecule has 1 unspecified atom stereocenters. The molecule has 0 aromatic heterocycles. The SMILES string of the molecule is CCC(CN)CC(=O)N1CCN(c2ccc(Cl)cc2)CC1. The van der Waals surface area contributed by atoms with Crippen molar-refractivity contribution >= 4 is 23.2 Å². The third-order valence-electron chi connectivity index (χ3n) is 4.20. The van der Waals surface area contributed by atoms with Crippen LogP contribution in [0.3, 0.4) is 0 Å². The number of carbonyl (C=O) groups is 1. The van der Waals surface area contributed by atoms with Crippen molar-refractivity contribution in [3.63, 3.8) is 0 Å². The van der Waals surface area contributed by atoms with Gasteiger partial charge in [-0.2, -0.15) is 0 Å². The van der Waals surface area contributed by atoms with Gasteiger partial charge in [-0.25, -0.2) is 0 Å². The lowest BCUT2D eigenvalue weighted by atomic mass is 10.0. The maximum atomic E-state index is 12.2. The van der Waals surface area contributed by atoms with Crippen molar-refractivity contribution in [2.24, 2.45) is 11.7 Å². The summed E-state index contributed by atoms with van der Waals surface area (Å²) in [6, 6.07) is 7.87. The van der Waals surface area contributed by atoms with E-state index in [1.807, 2.05) is 29.2 Å². The summed E-state index contributed by atoms with van der Waals surface area (Å²) >= 11 is 5.91. The number of hydrogen-bond donors (Lipinski definition) is 1. The largest absolute Gasteiger partial charge is 0.368 e. The number of benzene rings is 1. The van der Waals surface area contributed by atoms with Crippen LogP contribution in [0.5, 0.6) is 0 Å². The van der Waals surface area contributed by atoms with Crippen LogP contribution in [0, 0.1) is 5.92 Å². The monoisotopic (exact) mass is 309 g/mol. The highest BCUT2D eigenvalue weighted by atomic mass is 35.5. The molecule has 1 fully saturated rings. The zero-order valence-corrected chi connectivity index (χ0v) is 13.4. The first-order valence-electron chi connectivity index (χ1n) is 7.62. The van der Waals surface area contributed by atoms with Crippen LogP contribution in [0.1, 0.15) is 19.8 Å². The number of nitrogens with zero attached hydrogens (tertiary/aromatic N) is 2. The second kappa shape index (κ2) is 7.66. The maximum Gasteiger partial charge on any atom is 0.223 e. The summed E-state index contributed by atoms with van der Waals surface area (Å²) in [5, 5.41) is 0.750. The fourth-order valence-electron chi connectivity index (χ4n) is 2.64. The van der Waals surface area contributed by atoms with Crippen molar-refractivity contribution in [3.8, 4) is 0 Å². The molecule has 1 aromatic rings. The molecule has 1 heterocycles. The molecule has 1 atom stereocenters. The number of piperazine rings is 1. The molecule has 5 heteroatoms. The number of halogens is 1. The van der Waals surface area contributed by atoms with Gasteiger partial charge < -0.3 is 15.5 Å². The fourth-order valence-corrected chi connectivity index (χ4v) is 2.76. The van der Waals surface area contributed by atoms with E-state index in [4.69, 9.17) is 17.3 Å². The normalized spacial score (nSPS) is 16.9. The quantitative estimate of drug-likeness (QED) is 0.908. The highest BCUT2D eigenvalue weighted by Crippen LogP contribution is 2.20. The topological polar surface area (TPSA) is 49.6 Å². The van der Waals surface area contributed by atoms with Gasteiger partial charge in [0.1, 0.15) is 0 Å².